The van der Waals surface area contributed by atoms with E-state index in [2.05, 4.69) is 56.0 Å². The van der Waals surface area contributed by atoms with Crippen LogP contribution in [-0.4, -0.2) is 16.0 Å². The highest BCUT2D eigenvalue weighted by molar-refractivity contribution is 9.11. The Labute approximate surface area is 145 Å². The number of aryl methyl sites for hydroxylation is 2. The average molecular weight is 431 g/mol. The van der Waals surface area contributed by atoms with E-state index in [-0.39, 0.29) is 6.04 Å². The summed E-state index contributed by atoms with van der Waals surface area (Å²) >= 11 is 8.93. The Bertz CT molecular complexity index is 633. The van der Waals surface area contributed by atoms with Crippen LogP contribution in [0.5, 0.6) is 0 Å². The van der Waals surface area contributed by atoms with E-state index in [9.17, 15) is 0 Å². The molecule has 1 unspecified atom stereocenters. The molecular formula is C15H17Br2N3S. The molecule has 0 saturated heterocycles. The number of halogens is 2. The Morgan fingerprint density at radius 2 is 2.10 bits per heavy atom. The summed E-state index contributed by atoms with van der Waals surface area (Å²) in [6, 6.07) is 2.45. The highest BCUT2D eigenvalue weighted by Crippen LogP contribution is 2.35. The van der Waals surface area contributed by atoms with Crippen LogP contribution in [0, 0.1) is 0 Å². The highest BCUT2D eigenvalue weighted by Gasteiger charge is 2.26. The maximum atomic E-state index is 4.87. The van der Waals surface area contributed by atoms with Crippen molar-refractivity contribution in [2.75, 3.05) is 0 Å². The fraction of sp³-hybridized carbons (Fsp3) is 0.467. The summed E-state index contributed by atoms with van der Waals surface area (Å²) in [5.41, 5.74) is 2.29. The Kier molecular flexibility index (Phi) is 4.78. The van der Waals surface area contributed by atoms with Gasteiger partial charge in [-0.3, -0.25) is 4.98 Å². The second-order valence-corrected chi connectivity index (χ2v) is 8.44. The second-order valence-electron chi connectivity index (χ2n) is 5.55. The lowest BCUT2D eigenvalue weighted by Gasteiger charge is -2.20. The molecule has 0 fully saturated rings. The number of aromatic nitrogens is 2. The van der Waals surface area contributed by atoms with Gasteiger partial charge >= 0.3 is 0 Å². The molecule has 2 heterocycles. The summed E-state index contributed by atoms with van der Waals surface area (Å²) in [5, 5.41) is 4.73. The zero-order valence-corrected chi connectivity index (χ0v) is 16.0. The molecule has 0 radical (unpaired) electrons. The zero-order valence-electron chi connectivity index (χ0n) is 12.0. The molecule has 3 rings (SSSR count). The standard InChI is InChI=1S/C15H17Br2N3S/c1-8(2)19-14(13-10(17)6-9(16)7-18-13)15-20-11-4-3-5-12(11)21-15/h6-8,14,19H,3-5H2,1-2H3. The van der Waals surface area contributed by atoms with E-state index in [1.165, 1.54) is 23.4 Å². The lowest BCUT2D eigenvalue weighted by atomic mass is 10.1. The van der Waals surface area contributed by atoms with Gasteiger partial charge < -0.3 is 5.32 Å². The minimum atomic E-state index is 0.0445. The number of hydrogen-bond acceptors (Lipinski definition) is 4. The van der Waals surface area contributed by atoms with Crippen molar-refractivity contribution in [2.24, 2.45) is 0 Å². The fourth-order valence-corrected chi connectivity index (χ4v) is 5.01. The van der Waals surface area contributed by atoms with Gasteiger partial charge in [-0.25, -0.2) is 4.98 Å². The van der Waals surface area contributed by atoms with Crippen molar-refractivity contribution in [1.29, 1.82) is 0 Å². The maximum absolute atomic E-state index is 4.87. The van der Waals surface area contributed by atoms with Gasteiger partial charge in [-0.15, -0.1) is 11.3 Å². The molecule has 3 nitrogen and oxygen atoms in total. The highest BCUT2D eigenvalue weighted by atomic mass is 79.9. The van der Waals surface area contributed by atoms with Gasteiger partial charge in [0.1, 0.15) is 11.0 Å². The molecule has 1 aliphatic rings. The zero-order chi connectivity index (χ0) is 15.0. The first-order valence-corrected chi connectivity index (χ1v) is 9.50. The lowest BCUT2D eigenvalue weighted by molar-refractivity contribution is 0.516. The van der Waals surface area contributed by atoms with Crippen molar-refractivity contribution in [3.63, 3.8) is 0 Å². The molecule has 0 aromatic carbocycles. The normalized spacial score (nSPS) is 15.5. The van der Waals surface area contributed by atoms with Gasteiger partial charge in [0.05, 0.1) is 11.4 Å². The van der Waals surface area contributed by atoms with E-state index in [4.69, 9.17) is 4.98 Å². The van der Waals surface area contributed by atoms with Gasteiger partial charge in [0.15, 0.2) is 0 Å². The molecule has 21 heavy (non-hydrogen) atoms. The molecule has 0 bridgehead atoms. The third kappa shape index (κ3) is 3.38. The van der Waals surface area contributed by atoms with Gasteiger partial charge in [0.25, 0.3) is 0 Å². The second kappa shape index (κ2) is 6.44. The lowest BCUT2D eigenvalue weighted by Crippen LogP contribution is -2.29. The van der Waals surface area contributed by atoms with E-state index in [1.54, 1.807) is 0 Å². The van der Waals surface area contributed by atoms with Crippen LogP contribution in [0.25, 0.3) is 0 Å². The monoisotopic (exact) mass is 429 g/mol. The number of fused-ring (bicyclic) bond motifs is 1. The first-order valence-electron chi connectivity index (χ1n) is 7.10. The molecule has 2 aromatic heterocycles. The Hall–Kier alpha value is -0.300. The topological polar surface area (TPSA) is 37.8 Å². The number of pyridine rings is 1. The van der Waals surface area contributed by atoms with Crippen LogP contribution in [-0.2, 0) is 12.8 Å². The van der Waals surface area contributed by atoms with Crippen LogP contribution in [0.2, 0.25) is 0 Å². The maximum Gasteiger partial charge on any atom is 0.116 e. The molecule has 0 aliphatic heterocycles. The smallest absolute Gasteiger partial charge is 0.116 e. The number of thiazole rings is 1. The summed E-state index contributed by atoms with van der Waals surface area (Å²) in [5.74, 6) is 0. The van der Waals surface area contributed by atoms with Crippen molar-refractivity contribution >= 4 is 43.2 Å². The summed E-state index contributed by atoms with van der Waals surface area (Å²) < 4.78 is 1.98. The van der Waals surface area contributed by atoms with Crippen LogP contribution in [0.3, 0.4) is 0 Å². The first-order chi connectivity index (χ1) is 10.0. The summed E-state index contributed by atoms with van der Waals surface area (Å²) in [4.78, 5) is 10.9. The Morgan fingerprint density at radius 3 is 2.76 bits per heavy atom. The summed E-state index contributed by atoms with van der Waals surface area (Å²) in [6.07, 6.45) is 5.39. The average Bonchev–Trinajstić information content (AvgIpc) is 2.96. The SMILES string of the molecule is CC(C)NC(c1nc2c(s1)CCC2)c1ncc(Br)cc1Br. The van der Waals surface area contributed by atoms with Crippen molar-refractivity contribution < 1.29 is 0 Å². The van der Waals surface area contributed by atoms with Gasteiger partial charge in [-0.2, -0.15) is 0 Å². The van der Waals surface area contributed by atoms with E-state index >= 15 is 0 Å². The quantitative estimate of drug-likeness (QED) is 0.767. The third-order valence-corrected chi connectivity index (χ3v) is 5.76. The molecule has 1 atom stereocenters. The van der Waals surface area contributed by atoms with Crippen molar-refractivity contribution in [3.8, 4) is 0 Å². The number of hydrogen-bond donors (Lipinski definition) is 1. The van der Waals surface area contributed by atoms with Gasteiger partial charge in [-0.1, -0.05) is 0 Å². The Balaban J connectivity index is 2.00. The molecule has 1 aliphatic carbocycles. The largest absolute Gasteiger partial charge is 0.301 e. The van der Waals surface area contributed by atoms with Crippen LogP contribution in [0.1, 0.15) is 47.6 Å². The molecule has 112 valence electrons. The van der Waals surface area contributed by atoms with Gasteiger partial charge in [0.2, 0.25) is 0 Å². The predicted octanol–water partition coefficient (Wildman–Crippen LogP) is 4.64. The number of nitrogens with zero attached hydrogens (tertiary/aromatic N) is 2. The van der Waals surface area contributed by atoms with Crippen molar-refractivity contribution in [2.45, 2.75) is 45.2 Å². The van der Waals surface area contributed by atoms with E-state index in [0.717, 1.165) is 26.1 Å². The molecular weight excluding hydrogens is 414 g/mol. The summed E-state index contributed by atoms with van der Waals surface area (Å²) in [7, 11) is 0. The van der Waals surface area contributed by atoms with Crippen molar-refractivity contribution in [1.82, 2.24) is 15.3 Å². The minimum Gasteiger partial charge on any atom is -0.301 e. The minimum absolute atomic E-state index is 0.0445. The van der Waals surface area contributed by atoms with E-state index in [0.29, 0.717) is 6.04 Å². The number of nitrogens with one attached hydrogen (secondary N) is 1. The first kappa shape index (κ1) is 15.6. The molecule has 6 heteroatoms. The van der Waals surface area contributed by atoms with Gasteiger partial charge in [0, 0.05) is 26.1 Å². The fourth-order valence-electron chi connectivity index (χ4n) is 2.57. The van der Waals surface area contributed by atoms with E-state index in [1.807, 2.05) is 23.6 Å². The molecule has 1 N–H and O–H groups in total. The molecule has 0 saturated carbocycles. The third-order valence-electron chi connectivity index (χ3n) is 3.47. The van der Waals surface area contributed by atoms with Crippen LogP contribution < -0.4 is 5.32 Å². The van der Waals surface area contributed by atoms with E-state index < -0.39 is 0 Å². The van der Waals surface area contributed by atoms with Crippen molar-refractivity contribution in [3.05, 3.63) is 42.5 Å². The molecule has 2 aromatic rings. The van der Waals surface area contributed by atoms with Crippen LogP contribution >= 0.6 is 43.2 Å². The predicted molar refractivity (Wildman–Crippen MR) is 93.9 cm³/mol. The van der Waals surface area contributed by atoms with Crippen LogP contribution in [0.15, 0.2) is 21.2 Å². The molecule has 0 amide bonds. The summed E-state index contributed by atoms with van der Waals surface area (Å²) in [6.45, 7) is 4.31. The molecule has 0 spiro atoms. The van der Waals surface area contributed by atoms with Crippen LogP contribution in [0.4, 0.5) is 0 Å². The Morgan fingerprint density at radius 1 is 1.29 bits per heavy atom. The number of rotatable bonds is 4. The van der Waals surface area contributed by atoms with Gasteiger partial charge in [-0.05, 0) is 71.0 Å².